The number of halogens is 4. The first-order chi connectivity index (χ1) is 13.9. The Kier molecular flexibility index (Phi) is 6.11. The van der Waals surface area contributed by atoms with E-state index in [1.807, 2.05) is 0 Å². The summed E-state index contributed by atoms with van der Waals surface area (Å²) >= 11 is 0. The predicted octanol–water partition coefficient (Wildman–Crippen LogP) is 1.45. The fraction of sp³-hybridized carbons (Fsp3) is 0.529. The maximum absolute atomic E-state index is 14.6. The number of sulfone groups is 1. The van der Waals surface area contributed by atoms with Crippen molar-refractivity contribution in [2.75, 3.05) is 47.5 Å². The standard InChI is InChI=1S/C17H19F4N3O5S/c18-13-7-11(1-2-14(13)23-3-5-30(27,28)6-4-23)24-10-12(29-16(24)26)9-22-15(25)8-17(19,20)21/h1-2,7,12H,3-6,8-10H2,(H,22,25)/t12-/m0/s1. The lowest BCUT2D eigenvalue weighted by Crippen LogP contribution is -2.40. The van der Waals surface area contributed by atoms with Crippen molar-refractivity contribution < 1.29 is 40.3 Å². The van der Waals surface area contributed by atoms with Gasteiger partial charge in [0.05, 0.1) is 36.0 Å². The van der Waals surface area contributed by atoms with Crippen molar-refractivity contribution in [3.63, 3.8) is 0 Å². The largest absolute Gasteiger partial charge is 0.442 e. The van der Waals surface area contributed by atoms with Gasteiger partial charge < -0.3 is 15.0 Å². The molecule has 0 radical (unpaired) electrons. The van der Waals surface area contributed by atoms with Crippen molar-refractivity contribution in [3.8, 4) is 0 Å². The molecular weight excluding hydrogens is 434 g/mol. The number of carbonyl (C=O) groups is 2. The lowest BCUT2D eigenvalue weighted by Gasteiger charge is -2.29. The Balaban J connectivity index is 1.60. The van der Waals surface area contributed by atoms with Gasteiger partial charge in [0, 0.05) is 13.1 Å². The van der Waals surface area contributed by atoms with Crippen LogP contribution in [0, 0.1) is 5.82 Å². The van der Waals surface area contributed by atoms with E-state index in [1.54, 1.807) is 4.90 Å². The number of cyclic esters (lactones) is 1. The predicted molar refractivity (Wildman–Crippen MR) is 98.6 cm³/mol. The molecule has 1 N–H and O–H groups in total. The molecular formula is C17H19F4N3O5S. The summed E-state index contributed by atoms with van der Waals surface area (Å²) in [5, 5.41) is 2.05. The summed E-state index contributed by atoms with van der Waals surface area (Å²) in [4.78, 5) is 26.0. The molecule has 8 nitrogen and oxygen atoms in total. The lowest BCUT2D eigenvalue weighted by molar-refractivity contribution is -0.154. The van der Waals surface area contributed by atoms with E-state index in [9.17, 15) is 35.6 Å². The Morgan fingerprint density at radius 3 is 2.50 bits per heavy atom. The molecule has 0 aromatic heterocycles. The molecule has 30 heavy (non-hydrogen) atoms. The second-order valence-corrected chi connectivity index (χ2v) is 9.29. The van der Waals surface area contributed by atoms with Crippen LogP contribution in [0.3, 0.4) is 0 Å². The molecule has 166 valence electrons. The molecule has 0 bridgehead atoms. The Labute approximate surface area is 169 Å². The summed E-state index contributed by atoms with van der Waals surface area (Å²) < 4.78 is 79.1. The number of ether oxygens (including phenoxy) is 1. The zero-order valence-electron chi connectivity index (χ0n) is 15.6. The summed E-state index contributed by atoms with van der Waals surface area (Å²) in [5.41, 5.74) is 0.382. The van der Waals surface area contributed by atoms with Crippen molar-refractivity contribution in [2.24, 2.45) is 0 Å². The highest BCUT2D eigenvalue weighted by molar-refractivity contribution is 7.91. The van der Waals surface area contributed by atoms with Crippen LogP contribution in [0.5, 0.6) is 0 Å². The number of benzene rings is 1. The molecule has 2 fully saturated rings. The van der Waals surface area contributed by atoms with Gasteiger partial charge in [0.15, 0.2) is 9.84 Å². The third kappa shape index (κ3) is 5.52. The van der Waals surface area contributed by atoms with Crippen molar-refractivity contribution in [2.45, 2.75) is 18.7 Å². The van der Waals surface area contributed by atoms with E-state index in [2.05, 4.69) is 5.32 Å². The average Bonchev–Trinajstić information content (AvgIpc) is 3.00. The van der Waals surface area contributed by atoms with Crippen molar-refractivity contribution >= 4 is 33.2 Å². The molecule has 1 aromatic rings. The summed E-state index contributed by atoms with van der Waals surface area (Å²) in [6.45, 7) is -0.0695. The van der Waals surface area contributed by atoms with Gasteiger partial charge in [0.1, 0.15) is 18.3 Å². The van der Waals surface area contributed by atoms with Crippen LogP contribution >= 0.6 is 0 Å². The van der Waals surface area contributed by atoms with Gasteiger partial charge in [0.2, 0.25) is 5.91 Å². The minimum atomic E-state index is -4.64. The number of hydrogen-bond donors (Lipinski definition) is 1. The highest BCUT2D eigenvalue weighted by Crippen LogP contribution is 2.28. The van der Waals surface area contributed by atoms with E-state index >= 15 is 0 Å². The molecule has 1 atom stereocenters. The van der Waals surface area contributed by atoms with Crippen molar-refractivity contribution in [1.29, 1.82) is 0 Å². The Bertz CT molecular complexity index is 924. The fourth-order valence-electron chi connectivity index (χ4n) is 3.18. The number of amides is 2. The zero-order valence-corrected chi connectivity index (χ0v) is 16.4. The van der Waals surface area contributed by atoms with Crippen LogP contribution < -0.4 is 15.1 Å². The molecule has 13 heteroatoms. The first kappa shape index (κ1) is 22.1. The Morgan fingerprint density at radius 2 is 1.90 bits per heavy atom. The Hall–Kier alpha value is -2.57. The number of hydrogen-bond acceptors (Lipinski definition) is 6. The molecule has 1 aromatic carbocycles. The maximum Gasteiger partial charge on any atom is 0.414 e. The second-order valence-electron chi connectivity index (χ2n) is 6.99. The maximum atomic E-state index is 14.6. The zero-order chi connectivity index (χ0) is 22.1. The van der Waals surface area contributed by atoms with Gasteiger partial charge in [-0.25, -0.2) is 17.6 Å². The summed E-state index contributed by atoms with van der Waals surface area (Å²) in [6.07, 6.45) is -7.98. The molecule has 0 aliphatic carbocycles. The topological polar surface area (TPSA) is 96.0 Å². The van der Waals surface area contributed by atoms with Crippen molar-refractivity contribution in [3.05, 3.63) is 24.0 Å². The molecule has 2 saturated heterocycles. The van der Waals surface area contributed by atoms with Crippen LogP contribution in [0.25, 0.3) is 0 Å². The summed E-state index contributed by atoms with van der Waals surface area (Å²) in [7, 11) is -3.12. The number of nitrogens with zero attached hydrogens (tertiary/aromatic N) is 2. The molecule has 0 unspecified atom stereocenters. The minimum absolute atomic E-state index is 0.0750. The summed E-state index contributed by atoms with van der Waals surface area (Å²) in [6, 6.07) is 3.99. The first-order valence-corrected chi connectivity index (χ1v) is 10.8. The SMILES string of the molecule is O=C(CC(F)(F)F)NC[C@H]1CN(c2ccc(N3CCS(=O)(=O)CC3)c(F)c2)C(=O)O1. The molecule has 0 saturated carbocycles. The number of nitrogens with one attached hydrogen (secondary N) is 1. The van der Waals surface area contributed by atoms with E-state index in [0.29, 0.717) is 0 Å². The first-order valence-electron chi connectivity index (χ1n) is 9.00. The van der Waals surface area contributed by atoms with Crippen LogP contribution in [0.15, 0.2) is 18.2 Å². The lowest BCUT2D eigenvalue weighted by atomic mass is 10.2. The quantitative estimate of drug-likeness (QED) is 0.679. The summed E-state index contributed by atoms with van der Waals surface area (Å²) in [5.74, 6) is -2.04. The van der Waals surface area contributed by atoms with Gasteiger partial charge in [-0.3, -0.25) is 9.69 Å². The third-order valence-electron chi connectivity index (χ3n) is 4.69. The van der Waals surface area contributed by atoms with Crippen LogP contribution in [-0.4, -0.2) is 70.4 Å². The van der Waals surface area contributed by atoms with E-state index in [1.165, 1.54) is 12.1 Å². The molecule has 2 amide bonds. The van der Waals surface area contributed by atoms with Crippen molar-refractivity contribution in [1.82, 2.24) is 5.32 Å². The number of alkyl halides is 3. The fourth-order valence-corrected chi connectivity index (χ4v) is 4.39. The van der Waals surface area contributed by atoms with Gasteiger partial charge in [-0.05, 0) is 18.2 Å². The number of carbonyl (C=O) groups excluding carboxylic acids is 2. The third-order valence-corrected chi connectivity index (χ3v) is 6.30. The molecule has 2 heterocycles. The molecule has 2 aliphatic heterocycles. The normalized spacial score (nSPS) is 21.5. The molecule has 0 spiro atoms. The van der Waals surface area contributed by atoms with E-state index in [0.717, 1.165) is 11.0 Å². The van der Waals surface area contributed by atoms with Crippen LogP contribution in [0.2, 0.25) is 0 Å². The van der Waals surface area contributed by atoms with E-state index < -0.39 is 46.4 Å². The van der Waals surface area contributed by atoms with Gasteiger partial charge in [0.25, 0.3) is 0 Å². The van der Waals surface area contributed by atoms with Crippen LogP contribution in [-0.2, 0) is 19.4 Å². The molecule has 3 rings (SSSR count). The van der Waals surface area contributed by atoms with Gasteiger partial charge in [-0.15, -0.1) is 0 Å². The van der Waals surface area contributed by atoms with E-state index in [-0.39, 0.29) is 49.1 Å². The average molecular weight is 453 g/mol. The molecule has 2 aliphatic rings. The van der Waals surface area contributed by atoms with Gasteiger partial charge >= 0.3 is 12.3 Å². The monoisotopic (exact) mass is 453 g/mol. The highest BCUT2D eigenvalue weighted by Gasteiger charge is 2.35. The smallest absolute Gasteiger partial charge is 0.414 e. The van der Waals surface area contributed by atoms with Gasteiger partial charge in [-0.1, -0.05) is 0 Å². The van der Waals surface area contributed by atoms with Gasteiger partial charge in [-0.2, -0.15) is 13.2 Å². The minimum Gasteiger partial charge on any atom is -0.442 e. The number of anilines is 2. The second kappa shape index (κ2) is 8.28. The number of rotatable bonds is 5. The van der Waals surface area contributed by atoms with Crippen LogP contribution in [0.4, 0.5) is 33.7 Å². The Morgan fingerprint density at radius 1 is 1.23 bits per heavy atom. The highest BCUT2D eigenvalue weighted by atomic mass is 32.2. The van der Waals surface area contributed by atoms with E-state index in [4.69, 9.17) is 4.74 Å². The van der Waals surface area contributed by atoms with Crippen LogP contribution in [0.1, 0.15) is 6.42 Å².